The molecule has 1 aromatic carbocycles. The van der Waals surface area contributed by atoms with E-state index in [1.807, 2.05) is 0 Å². The first-order valence-electron chi connectivity index (χ1n) is 6.13. The molecule has 0 bridgehead atoms. The SMILES string of the molecule is O=c1ccc([N+](=O)[O-])cn1CCS(=O)(=O)c1ccc(F)cc1. The lowest BCUT2D eigenvalue weighted by Gasteiger charge is -2.07. The molecule has 116 valence electrons. The molecule has 2 rings (SSSR count). The Labute approximate surface area is 124 Å². The molecule has 0 fully saturated rings. The smallest absolute Gasteiger partial charge is 0.285 e. The Hall–Kier alpha value is -2.55. The summed E-state index contributed by atoms with van der Waals surface area (Å²) in [6, 6.07) is 6.34. The minimum Gasteiger partial charge on any atom is -0.308 e. The maximum absolute atomic E-state index is 12.8. The van der Waals surface area contributed by atoms with Gasteiger partial charge in [0.15, 0.2) is 9.84 Å². The van der Waals surface area contributed by atoms with Crippen molar-refractivity contribution in [2.45, 2.75) is 11.4 Å². The van der Waals surface area contributed by atoms with Crippen molar-refractivity contribution in [2.75, 3.05) is 5.75 Å². The average molecular weight is 326 g/mol. The Bertz CT molecular complexity index is 859. The highest BCUT2D eigenvalue weighted by Crippen LogP contribution is 2.13. The normalized spacial score (nSPS) is 11.3. The first-order valence-corrected chi connectivity index (χ1v) is 7.78. The molecular formula is C13H11FN2O5S. The topological polar surface area (TPSA) is 99.3 Å². The van der Waals surface area contributed by atoms with Crippen LogP contribution in [0.3, 0.4) is 0 Å². The van der Waals surface area contributed by atoms with Gasteiger partial charge in [-0.2, -0.15) is 0 Å². The third-order valence-electron chi connectivity index (χ3n) is 2.95. The van der Waals surface area contributed by atoms with Crippen molar-refractivity contribution in [1.29, 1.82) is 0 Å². The zero-order valence-corrected chi connectivity index (χ0v) is 12.0. The molecule has 2 aromatic rings. The molecule has 1 aromatic heterocycles. The molecule has 22 heavy (non-hydrogen) atoms. The number of halogens is 1. The number of pyridine rings is 1. The van der Waals surface area contributed by atoms with Crippen molar-refractivity contribution in [3.05, 3.63) is 68.9 Å². The van der Waals surface area contributed by atoms with Crippen LogP contribution in [0.4, 0.5) is 10.1 Å². The van der Waals surface area contributed by atoms with E-state index in [2.05, 4.69) is 0 Å². The maximum atomic E-state index is 12.8. The van der Waals surface area contributed by atoms with Crippen LogP contribution in [0.1, 0.15) is 0 Å². The summed E-state index contributed by atoms with van der Waals surface area (Å²) in [5.41, 5.74) is -0.848. The van der Waals surface area contributed by atoms with Crippen molar-refractivity contribution < 1.29 is 17.7 Å². The third-order valence-corrected chi connectivity index (χ3v) is 4.66. The van der Waals surface area contributed by atoms with Gasteiger partial charge in [-0.25, -0.2) is 12.8 Å². The van der Waals surface area contributed by atoms with Gasteiger partial charge in [-0.1, -0.05) is 0 Å². The van der Waals surface area contributed by atoms with E-state index in [4.69, 9.17) is 0 Å². The number of hydrogen-bond acceptors (Lipinski definition) is 5. The lowest BCUT2D eigenvalue weighted by Crippen LogP contribution is -2.23. The van der Waals surface area contributed by atoms with Crippen LogP contribution >= 0.6 is 0 Å². The molecule has 0 N–H and O–H groups in total. The molecule has 0 unspecified atom stereocenters. The van der Waals surface area contributed by atoms with Crippen LogP contribution in [0, 0.1) is 15.9 Å². The van der Waals surface area contributed by atoms with Gasteiger partial charge in [-0.15, -0.1) is 0 Å². The average Bonchev–Trinajstić information content (AvgIpc) is 2.46. The van der Waals surface area contributed by atoms with Crippen molar-refractivity contribution in [1.82, 2.24) is 4.57 Å². The first-order chi connectivity index (χ1) is 10.3. The highest BCUT2D eigenvalue weighted by atomic mass is 32.2. The van der Waals surface area contributed by atoms with Gasteiger partial charge < -0.3 is 4.57 Å². The number of nitro groups is 1. The zero-order valence-electron chi connectivity index (χ0n) is 11.2. The van der Waals surface area contributed by atoms with Gasteiger partial charge in [0, 0.05) is 18.7 Å². The number of sulfone groups is 1. The van der Waals surface area contributed by atoms with E-state index < -0.39 is 31.9 Å². The van der Waals surface area contributed by atoms with Crippen molar-refractivity contribution >= 4 is 15.5 Å². The lowest BCUT2D eigenvalue weighted by atomic mass is 10.4. The van der Waals surface area contributed by atoms with Crippen LogP contribution in [-0.4, -0.2) is 23.7 Å². The molecule has 1 heterocycles. The molecule has 0 radical (unpaired) electrons. The van der Waals surface area contributed by atoms with Gasteiger partial charge in [0.05, 0.1) is 21.8 Å². The molecule has 0 amide bonds. The van der Waals surface area contributed by atoms with E-state index in [-0.39, 0.29) is 17.1 Å². The molecule has 9 heteroatoms. The lowest BCUT2D eigenvalue weighted by molar-refractivity contribution is -0.385. The van der Waals surface area contributed by atoms with Gasteiger partial charge in [0.25, 0.3) is 11.2 Å². The summed E-state index contributed by atoms with van der Waals surface area (Å²) in [6.45, 7) is -0.236. The molecular weight excluding hydrogens is 315 g/mol. The molecule has 7 nitrogen and oxygen atoms in total. The second-order valence-electron chi connectivity index (χ2n) is 4.45. The summed E-state index contributed by atoms with van der Waals surface area (Å²) in [5, 5.41) is 10.7. The van der Waals surface area contributed by atoms with Crippen molar-refractivity contribution in [2.24, 2.45) is 0 Å². The van der Waals surface area contributed by atoms with Gasteiger partial charge in [0.1, 0.15) is 5.82 Å². The monoisotopic (exact) mass is 326 g/mol. The molecule has 0 aliphatic carbocycles. The van der Waals surface area contributed by atoms with Crippen molar-refractivity contribution in [3.63, 3.8) is 0 Å². The predicted molar refractivity (Wildman–Crippen MR) is 75.8 cm³/mol. The molecule has 0 aliphatic rings. The Morgan fingerprint density at radius 3 is 2.36 bits per heavy atom. The van der Waals surface area contributed by atoms with Crippen LogP contribution < -0.4 is 5.56 Å². The largest absolute Gasteiger partial charge is 0.308 e. The van der Waals surface area contributed by atoms with E-state index in [1.54, 1.807) is 0 Å². The maximum Gasteiger partial charge on any atom is 0.285 e. The van der Waals surface area contributed by atoms with Crippen LogP contribution in [0.5, 0.6) is 0 Å². The van der Waals surface area contributed by atoms with Gasteiger partial charge in [-0.05, 0) is 24.3 Å². The second-order valence-corrected chi connectivity index (χ2v) is 6.56. The molecule has 0 saturated carbocycles. The standard InChI is InChI=1S/C13H11FN2O5S/c14-10-1-4-12(5-2-10)22(20,21)8-7-15-9-11(16(18)19)3-6-13(15)17/h1-6,9H,7-8H2. The number of hydrogen-bond donors (Lipinski definition) is 0. The second kappa shape index (κ2) is 6.06. The minimum absolute atomic E-state index is 0.0765. The van der Waals surface area contributed by atoms with Gasteiger partial charge in [-0.3, -0.25) is 14.9 Å². The molecule has 0 aliphatic heterocycles. The number of rotatable bonds is 5. The zero-order chi connectivity index (χ0) is 16.3. The fourth-order valence-electron chi connectivity index (χ4n) is 1.78. The Kier molecular flexibility index (Phi) is 4.36. The van der Waals surface area contributed by atoms with E-state index in [9.17, 15) is 27.7 Å². The van der Waals surface area contributed by atoms with Crippen LogP contribution in [0.15, 0.2) is 52.3 Å². The van der Waals surface area contributed by atoms with E-state index in [0.29, 0.717) is 0 Å². The fourth-order valence-corrected chi connectivity index (χ4v) is 3.00. The highest BCUT2D eigenvalue weighted by Gasteiger charge is 2.16. The summed E-state index contributed by atoms with van der Waals surface area (Å²) >= 11 is 0. The van der Waals surface area contributed by atoms with Crippen molar-refractivity contribution in [3.8, 4) is 0 Å². The first kappa shape index (κ1) is 15.8. The quantitative estimate of drug-likeness (QED) is 0.469. The molecule has 0 saturated heterocycles. The minimum atomic E-state index is -3.72. The van der Waals surface area contributed by atoms with Crippen LogP contribution in [-0.2, 0) is 16.4 Å². The molecule has 0 atom stereocenters. The van der Waals surface area contributed by atoms with Crippen LogP contribution in [0.25, 0.3) is 0 Å². The Morgan fingerprint density at radius 2 is 1.77 bits per heavy atom. The van der Waals surface area contributed by atoms with E-state index in [0.717, 1.165) is 47.2 Å². The van der Waals surface area contributed by atoms with Gasteiger partial charge >= 0.3 is 0 Å². The number of aromatic nitrogens is 1. The summed E-state index contributed by atoms with van der Waals surface area (Å²) in [6.07, 6.45) is 0.989. The third kappa shape index (κ3) is 3.55. The fraction of sp³-hybridized carbons (Fsp3) is 0.154. The molecule has 0 spiro atoms. The van der Waals surface area contributed by atoms with Gasteiger partial charge in [0.2, 0.25) is 0 Å². The van der Waals surface area contributed by atoms with E-state index >= 15 is 0 Å². The summed E-state index contributed by atoms with van der Waals surface area (Å²) in [4.78, 5) is 21.5. The number of nitrogens with zero attached hydrogens (tertiary/aromatic N) is 2. The highest BCUT2D eigenvalue weighted by molar-refractivity contribution is 7.91. The summed E-state index contributed by atoms with van der Waals surface area (Å²) < 4.78 is 37.9. The Balaban J connectivity index is 2.22. The van der Waals surface area contributed by atoms with Crippen LogP contribution in [0.2, 0.25) is 0 Å². The predicted octanol–water partition coefficient (Wildman–Crippen LogP) is 1.37. The Morgan fingerprint density at radius 1 is 1.14 bits per heavy atom. The van der Waals surface area contributed by atoms with E-state index in [1.165, 1.54) is 0 Å². The number of benzene rings is 1. The summed E-state index contributed by atoms with van der Waals surface area (Å²) in [5.74, 6) is -0.992. The number of aryl methyl sites for hydroxylation is 1. The summed E-state index contributed by atoms with van der Waals surface area (Å²) in [7, 11) is -3.72.